The summed E-state index contributed by atoms with van der Waals surface area (Å²) in [5.41, 5.74) is 7.08. The summed E-state index contributed by atoms with van der Waals surface area (Å²) >= 11 is 0. The first kappa shape index (κ1) is 14.9. The van der Waals surface area contributed by atoms with Crippen molar-refractivity contribution >= 4 is 18.3 Å². The number of nitrogens with one attached hydrogen (secondary N) is 1. The van der Waals surface area contributed by atoms with Crippen molar-refractivity contribution in [1.82, 2.24) is 5.32 Å². The van der Waals surface area contributed by atoms with Crippen molar-refractivity contribution < 1.29 is 9.18 Å². The summed E-state index contributed by atoms with van der Waals surface area (Å²) in [4.78, 5) is 11.7. The van der Waals surface area contributed by atoms with E-state index in [9.17, 15) is 9.18 Å². The number of hydrogen-bond donors (Lipinski definition) is 2. The first-order valence-electron chi connectivity index (χ1n) is 5.91. The maximum atomic E-state index is 13.5. The molecule has 0 aromatic heterocycles. The summed E-state index contributed by atoms with van der Waals surface area (Å²) in [5, 5.41) is 2.93. The smallest absolute Gasteiger partial charge is 0.224 e. The van der Waals surface area contributed by atoms with Gasteiger partial charge in [0, 0.05) is 12.5 Å². The molecule has 5 heteroatoms. The van der Waals surface area contributed by atoms with E-state index in [1.165, 1.54) is 6.07 Å². The molecule has 0 bridgehead atoms. The Morgan fingerprint density at radius 2 is 2.33 bits per heavy atom. The van der Waals surface area contributed by atoms with Crippen molar-refractivity contribution in [3.8, 4) is 0 Å². The molecule has 1 aliphatic carbocycles. The molecule has 0 radical (unpaired) electrons. The highest BCUT2D eigenvalue weighted by Gasteiger charge is 2.26. The number of fused-ring (bicyclic) bond motifs is 1. The van der Waals surface area contributed by atoms with Crippen LogP contribution in [0.3, 0.4) is 0 Å². The van der Waals surface area contributed by atoms with E-state index in [0.29, 0.717) is 13.0 Å². The number of rotatable bonds is 3. The Bertz CT molecular complexity index is 439. The van der Waals surface area contributed by atoms with Crippen LogP contribution in [-0.2, 0) is 11.2 Å². The molecule has 0 heterocycles. The first-order valence-corrected chi connectivity index (χ1v) is 5.91. The highest BCUT2D eigenvalue weighted by Crippen LogP contribution is 2.32. The number of halogens is 2. The minimum atomic E-state index is -0.201. The molecular formula is C13H18ClFN2O. The second-order valence-corrected chi connectivity index (χ2v) is 4.54. The van der Waals surface area contributed by atoms with E-state index in [0.717, 1.165) is 17.5 Å². The van der Waals surface area contributed by atoms with Crippen LogP contribution in [-0.4, -0.2) is 12.5 Å². The fourth-order valence-electron chi connectivity index (χ4n) is 2.18. The molecule has 2 rings (SSSR count). The van der Waals surface area contributed by atoms with E-state index in [1.54, 1.807) is 13.0 Å². The molecule has 3 nitrogen and oxygen atoms in total. The predicted molar refractivity (Wildman–Crippen MR) is 71.1 cm³/mol. The summed E-state index contributed by atoms with van der Waals surface area (Å²) in [6.07, 6.45) is 1.45. The van der Waals surface area contributed by atoms with Gasteiger partial charge >= 0.3 is 0 Å². The van der Waals surface area contributed by atoms with Crippen LogP contribution >= 0.6 is 12.4 Å². The number of amides is 1. The van der Waals surface area contributed by atoms with E-state index in [-0.39, 0.29) is 36.1 Å². The van der Waals surface area contributed by atoms with Crippen LogP contribution in [0.5, 0.6) is 0 Å². The molecule has 0 saturated heterocycles. The highest BCUT2D eigenvalue weighted by molar-refractivity contribution is 5.85. The molecule has 2 atom stereocenters. The lowest BCUT2D eigenvalue weighted by Crippen LogP contribution is -2.35. The first-order chi connectivity index (χ1) is 8.13. The van der Waals surface area contributed by atoms with E-state index in [4.69, 9.17) is 5.73 Å². The fourth-order valence-corrected chi connectivity index (χ4v) is 2.18. The van der Waals surface area contributed by atoms with Crippen LogP contribution in [0.2, 0.25) is 0 Å². The topological polar surface area (TPSA) is 55.1 Å². The summed E-state index contributed by atoms with van der Waals surface area (Å²) < 4.78 is 13.5. The molecule has 2 unspecified atom stereocenters. The van der Waals surface area contributed by atoms with Gasteiger partial charge in [-0.2, -0.15) is 0 Å². The molecule has 3 N–H and O–H groups in total. The Morgan fingerprint density at radius 1 is 1.61 bits per heavy atom. The Hall–Kier alpha value is -1.13. The van der Waals surface area contributed by atoms with Crippen molar-refractivity contribution in [2.24, 2.45) is 11.7 Å². The van der Waals surface area contributed by atoms with Gasteiger partial charge in [0.15, 0.2) is 0 Å². The third kappa shape index (κ3) is 2.82. The van der Waals surface area contributed by atoms with Crippen molar-refractivity contribution in [2.75, 3.05) is 6.54 Å². The summed E-state index contributed by atoms with van der Waals surface area (Å²) in [7, 11) is 0. The minimum Gasteiger partial charge on any atom is -0.349 e. The van der Waals surface area contributed by atoms with Gasteiger partial charge in [-0.05, 0) is 30.0 Å². The normalized spacial score (nSPS) is 18.7. The molecule has 0 spiro atoms. The Morgan fingerprint density at radius 3 is 3.00 bits per heavy atom. The number of carbonyl (C=O) groups is 1. The predicted octanol–water partition coefficient (Wildman–Crippen LogP) is 1.95. The van der Waals surface area contributed by atoms with Gasteiger partial charge < -0.3 is 11.1 Å². The Labute approximate surface area is 112 Å². The van der Waals surface area contributed by atoms with Gasteiger partial charge in [-0.15, -0.1) is 12.4 Å². The van der Waals surface area contributed by atoms with Crippen molar-refractivity contribution in [3.05, 3.63) is 35.1 Å². The highest BCUT2D eigenvalue weighted by atomic mass is 35.5. The zero-order chi connectivity index (χ0) is 12.4. The lowest BCUT2D eigenvalue weighted by atomic mass is 10.1. The van der Waals surface area contributed by atoms with Crippen LogP contribution in [0.1, 0.15) is 30.5 Å². The summed E-state index contributed by atoms with van der Waals surface area (Å²) in [6.45, 7) is 2.12. The average Bonchev–Trinajstić information content (AvgIpc) is 2.73. The molecule has 100 valence electrons. The number of hydrogen-bond acceptors (Lipinski definition) is 2. The number of benzene rings is 1. The van der Waals surface area contributed by atoms with Gasteiger partial charge in [-0.3, -0.25) is 4.79 Å². The Balaban J connectivity index is 0.00000162. The monoisotopic (exact) mass is 272 g/mol. The second kappa shape index (κ2) is 6.16. The largest absolute Gasteiger partial charge is 0.349 e. The zero-order valence-corrected chi connectivity index (χ0v) is 11.1. The number of nitrogens with two attached hydrogens (primary N) is 1. The van der Waals surface area contributed by atoms with Crippen molar-refractivity contribution in [1.29, 1.82) is 0 Å². The van der Waals surface area contributed by atoms with Crippen molar-refractivity contribution in [2.45, 2.75) is 25.8 Å². The minimum absolute atomic E-state index is 0. The van der Waals surface area contributed by atoms with Gasteiger partial charge in [0.25, 0.3) is 0 Å². The Kier molecular flexibility index (Phi) is 5.11. The van der Waals surface area contributed by atoms with Crippen molar-refractivity contribution in [3.63, 3.8) is 0 Å². The molecule has 1 aromatic carbocycles. The third-order valence-electron chi connectivity index (χ3n) is 3.33. The zero-order valence-electron chi connectivity index (χ0n) is 10.3. The molecule has 1 amide bonds. The molecule has 18 heavy (non-hydrogen) atoms. The molecular weight excluding hydrogens is 255 g/mol. The van der Waals surface area contributed by atoms with E-state index >= 15 is 0 Å². The molecule has 0 saturated carbocycles. The van der Waals surface area contributed by atoms with Gasteiger partial charge in [0.05, 0.1) is 6.04 Å². The van der Waals surface area contributed by atoms with Gasteiger partial charge in [-0.1, -0.05) is 19.1 Å². The summed E-state index contributed by atoms with van der Waals surface area (Å²) in [6, 6.07) is 4.96. The molecule has 1 aromatic rings. The van der Waals surface area contributed by atoms with Gasteiger partial charge in [0.1, 0.15) is 5.82 Å². The standard InChI is InChI=1S/C13H17FN2O.ClH/c1-8(7-15)13(17)16-12-6-5-9-10(12)3-2-4-11(9)14;/h2-4,8,12H,5-7,15H2,1H3,(H,16,17);1H. The van der Waals surface area contributed by atoms with Crippen LogP contribution in [0, 0.1) is 11.7 Å². The van der Waals surface area contributed by atoms with E-state index < -0.39 is 0 Å². The number of carbonyl (C=O) groups excluding carboxylic acids is 1. The van der Waals surface area contributed by atoms with Crippen LogP contribution in [0.25, 0.3) is 0 Å². The third-order valence-corrected chi connectivity index (χ3v) is 3.33. The van der Waals surface area contributed by atoms with E-state index in [1.807, 2.05) is 6.07 Å². The second-order valence-electron chi connectivity index (χ2n) is 4.54. The van der Waals surface area contributed by atoms with Crippen LogP contribution in [0.15, 0.2) is 18.2 Å². The lowest BCUT2D eigenvalue weighted by Gasteiger charge is -2.16. The van der Waals surface area contributed by atoms with Gasteiger partial charge in [0.2, 0.25) is 5.91 Å². The quantitative estimate of drug-likeness (QED) is 0.884. The molecule has 1 aliphatic rings. The molecule has 0 aliphatic heterocycles. The van der Waals surface area contributed by atoms with Gasteiger partial charge in [-0.25, -0.2) is 4.39 Å². The van der Waals surface area contributed by atoms with Crippen LogP contribution in [0.4, 0.5) is 4.39 Å². The lowest BCUT2D eigenvalue weighted by molar-refractivity contribution is -0.124. The SMILES string of the molecule is CC(CN)C(=O)NC1CCc2c(F)cccc21.Cl. The van der Waals surface area contributed by atoms with Crippen LogP contribution < -0.4 is 11.1 Å². The maximum Gasteiger partial charge on any atom is 0.224 e. The van der Waals surface area contributed by atoms with E-state index in [2.05, 4.69) is 5.32 Å². The summed E-state index contributed by atoms with van der Waals surface area (Å²) in [5.74, 6) is -0.437. The fraction of sp³-hybridized carbons (Fsp3) is 0.462. The maximum absolute atomic E-state index is 13.5. The average molecular weight is 273 g/mol. The molecule has 0 fully saturated rings.